The zero-order chi connectivity index (χ0) is 13.0. The van der Waals surface area contributed by atoms with Crippen LogP contribution in [-0.4, -0.2) is 17.6 Å². The number of rotatable bonds is 4. The highest BCUT2D eigenvalue weighted by Gasteiger charge is 2.25. The van der Waals surface area contributed by atoms with Crippen LogP contribution in [0.5, 0.6) is 5.75 Å². The molecule has 0 amide bonds. The Morgan fingerprint density at radius 3 is 2.67 bits per heavy atom. The van der Waals surface area contributed by atoms with Gasteiger partial charge in [0.25, 0.3) is 0 Å². The molecule has 0 aliphatic heterocycles. The molecule has 1 aromatic rings. The van der Waals surface area contributed by atoms with Gasteiger partial charge in [0.15, 0.2) is 0 Å². The van der Waals surface area contributed by atoms with Crippen LogP contribution < -0.4 is 10.1 Å². The molecular weight excluding hydrogens is 224 g/mol. The molecule has 1 heterocycles. The zero-order valence-corrected chi connectivity index (χ0v) is 11.6. The van der Waals surface area contributed by atoms with E-state index in [1.165, 1.54) is 19.3 Å². The maximum atomic E-state index is 6.10. The molecule has 1 fully saturated rings. The van der Waals surface area contributed by atoms with Crippen molar-refractivity contribution in [3.63, 3.8) is 0 Å². The van der Waals surface area contributed by atoms with Gasteiger partial charge in [-0.3, -0.25) is 0 Å². The second kappa shape index (κ2) is 6.07. The molecule has 0 bridgehead atoms. The van der Waals surface area contributed by atoms with E-state index in [9.17, 15) is 0 Å². The molecule has 3 heteroatoms. The van der Waals surface area contributed by atoms with Crippen molar-refractivity contribution < 1.29 is 4.74 Å². The van der Waals surface area contributed by atoms with Crippen molar-refractivity contribution in [3.8, 4) is 5.75 Å². The predicted molar refractivity (Wildman–Crippen MR) is 75.0 cm³/mol. The standard InChI is InChI=1S/C15H24N2O/c1-4-16-15-10-13(5-6-17-15)18-14-8-11(2)7-12(3)9-14/h5-6,10-12,14H,4,7-9H2,1-3H3,(H,16,17). The summed E-state index contributed by atoms with van der Waals surface area (Å²) in [6.45, 7) is 7.60. The van der Waals surface area contributed by atoms with E-state index in [2.05, 4.69) is 31.1 Å². The van der Waals surface area contributed by atoms with Gasteiger partial charge in [-0.1, -0.05) is 13.8 Å². The molecule has 1 aromatic heterocycles. The Labute approximate surface area is 110 Å². The molecule has 1 aliphatic rings. The fourth-order valence-electron chi connectivity index (χ4n) is 2.92. The van der Waals surface area contributed by atoms with E-state index in [-0.39, 0.29) is 0 Å². The van der Waals surface area contributed by atoms with Crippen molar-refractivity contribution in [2.75, 3.05) is 11.9 Å². The average molecular weight is 248 g/mol. The highest BCUT2D eigenvalue weighted by molar-refractivity contribution is 5.40. The van der Waals surface area contributed by atoms with Crippen molar-refractivity contribution in [3.05, 3.63) is 18.3 Å². The van der Waals surface area contributed by atoms with Crippen molar-refractivity contribution in [1.29, 1.82) is 0 Å². The van der Waals surface area contributed by atoms with Crippen LogP contribution in [0.15, 0.2) is 18.3 Å². The molecule has 18 heavy (non-hydrogen) atoms. The summed E-state index contributed by atoms with van der Waals surface area (Å²) in [5, 5.41) is 3.21. The van der Waals surface area contributed by atoms with Crippen LogP contribution in [0, 0.1) is 11.8 Å². The molecule has 2 rings (SSSR count). The molecular formula is C15H24N2O. The monoisotopic (exact) mass is 248 g/mol. The second-order valence-electron chi connectivity index (χ2n) is 5.56. The molecule has 0 radical (unpaired) electrons. The van der Waals surface area contributed by atoms with E-state index in [4.69, 9.17) is 4.74 Å². The third-order valence-corrected chi connectivity index (χ3v) is 3.53. The largest absolute Gasteiger partial charge is 0.490 e. The zero-order valence-electron chi connectivity index (χ0n) is 11.6. The summed E-state index contributed by atoms with van der Waals surface area (Å²) in [5.74, 6) is 3.38. The van der Waals surface area contributed by atoms with Gasteiger partial charge in [-0.25, -0.2) is 4.98 Å². The van der Waals surface area contributed by atoms with Gasteiger partial charge >= 0.3 is 0 Å². The lowest BCUT2D eigenvalue weighted by Crippen LogP contribution is -2.28. The minimum atomic E-state index is 0.362. The van der Waals surface area contributed by atoms with Gasteiger partial charge in [-0.2, -0.15) is 0 Å². The summed E-state index contributed by atoms with van der Waals surface area (Å²) in [6, 6.07) is 3.94. The van der Waals surface area contributed by atoms with Crippen molar-refractivity contribution in [2.24, 2.45) is 11.8 Å². The average Bonchev–Trinajstić information content (AvgIpc) is 2.28. The molecule has 0 spiro atoms. The van der Waals surface area contributed by atoms with Crippen LogP contribution in [0.3, 0.4) is 0 Å². The fourth-order valence-corrected chi connectivity index (χ4v) is 2.92. The highest BCUT2D eigenvalue weighted by Crippen LogP contribution is 2.31. The summed E-state index contributed by atoms with van der Waals surface area (Å²) in [6.07, 6.45) is 5.84. The predicted octanol–water partition coefficient (Wildman–Crippen LogP) is 3.72. The topological polar surface area (TPSA) is 34.1 Å². The van der Waals surface area contributed by atoms with E-state index in [0.717, 1.165) is 29.9 Å². The van der Waals surface area contributed by atoms with Gasteiger partial charge in [-0.05, 0) is 44.1 Å². The lowest BCUT2D eigenvalue weighted by atomic mass is 9.82. The van der Waals surface area contributed by atoms with Gasteiger partial charge in [-0.15, -0.1) is 0 Å². The van der Waals surface area contributed by atoms with Gasteiger partial charge in [0.2, 0.25) is 0 Å². The molecule has 2 unspecified atom stereocenters. The van der Waals surface area contributed by atoms with Crippen LogP contribution in [0.2, 0.25) is 0 Å². The Balaban J connectivity index is 1.97. The number of anilines is 1. The lowest BCUT2D eigenvalue weighted by Gasteiger charge is -2.31. The minimum Gasteiger partial charge on any atom is -0.490 e. The maximum absolute atomic E-state index is 6.10. The Morgan fingerprint density at radius 1 is 1.28 bits per heavy atom. The second-order valence-corrected chi connectivity index (χ2v) is 5.56. The Bertz CT molecular complexity index is 371. The van der Waals surface area contributed by atoms with E-state index >= 15 is 0 Å². The first-order valence-corrected chi connectivity index (χ1v) is 7.04. The van der Waals surface area contributed by atoms with E-state index in [1.807, 2.05) is 18.3 Å². The first-order chi connectivity index (χ1) is 8.67. The molecule has 1 aliphatic carbocycles. The molecule has 1 saturated carbocycles. The Kier molecular flexibility index (Phi) is 4.45. The molecule has 100 valence electrons. The summed E-state index contributed by atoms with van der Waals surface area (Å²) in [5.41, 5.74) is 0. The molecule has 2 atom stereocenters. The number of nitrogens with zero attached hydrogens (tertiary/aromatic N) is 1. The smallest absolute Gasteiger partial charge is 0.129 e. The first-order valence-electron chi connectivity index (χ1n) is 7.04. The number of nitrogens with one attached hydrogen (secondary N) is 1. The van der Waals surface area contributed by atoms with Gasteiger partial charge < -0.3 is 10.1 Å². The molecule has 0 aromatic carbocycles. The Hall–Kier alpha value is -1.25. The van der Waals surface area contributed by atoms with Crippen molar-refractivity contribution >= 4 is 5.82 Å². The number of aromatic nitrogens is 1. The minimum absolute atomic E-state index is 0.362. The normalized spacial score (nSPS) is 27.8. The van der Waals surface area contributed by atoms with Crippen LogP contribution in [0.4, 0.5) is 5.82 Å². The van der Waals surface area contributed by atoms with Gasteiger partial charge in [0, 0.05) is 18.8 Å². The third-order valence-electron chi connectivity index (χ3n) is 3.53. The molecule has 1 N–H and O–H groups in total. The SMILES string of the molecule is CCNc1cc(OC2CC(C)CC(C)C2)ccn1. The van der Waals surface area contributed by atoms with Crippen LogP contribution in [0.1, 0.15) is 40.0 Å². The van der Waals surface area contributed by atoms with E-state index < -0.39 is 0 Å². The van der Waals surface area contributed by atoms with Crippen molar-refractivity contribution in [2.45, 2.75) is 46.1 Å². The van der Waals surface area contributed by atoms with Gasteiger partial charge in [0.05, 0.1) is 6.10 Å². The fraction of sp³-hybridized carbons (Fsp3) is 0.667. The summed E-state index contributed by atoms with van der Waals surface area (Å²) >= 11 is 0. The maximum Gasteiger partial charge on any atom is 0.129 e. The molecule has 0 saturated heterocycles. The Morgan fingerprint density at radius 2 is 2.00 bits per heavy atom. The number of pyridine rings is 1. The number of hydrogen-bond acceptors (Lipinski definition) is 3. The van der Waals surface area contributed by atoms with Crippen LogP contribution in [0.25, 0.3) is 0 Å². The summed E-state index contributed by atoms with van der Waals surface area (Å²) < 4.78 is 6.10. The lowest BCUT2D eigenvalue weighted by molar-refractivity contribution is 0.101. The highest BCUT2D eigenvalue weighted by atomic mass is 16.5. The quantitative estimate of drug-likeness (QED) is 0.882. The van der Waals surface area contributed by atoms with Gasteiger partial charge in [0.1, 0.15) is 11.6 Å². The van der Waals surface area contributed by atoms with E-state index in [1.54, 1.807) is 0 Å². The number of ether oxygens (including phenoxy) is 1. The van der Waals surface area contributed by atoms with Crippen LogP contribution in [-0.2, 0) is 0 Å². The van der Waals surface area contributed by atoms with Crippen molar-refractivity contribution in [1.82, 2.24) is 4.98 Å². The first kappa shape index (κ1) is 13.2. The summed E-state index contributed by atoms with van der Waals surface area (Å²) in [7, 11) is 0. The van der Waals surface area contributed by atoms with Crippen LogP contribution >= 0.6 is 0 Å². The number of hydrogen-bond donors (Lipinski definition) is 1. The van der Waals surface area contributed by atoms with E-state index in [0.29, 0.717) is 6.10 Å². The molecule has 3 nitrogen and oxygen atoms in total. The third kappa shape index (κ3) is 3.62. The summed E-state index contributed by atoms with van der Waals surface area (Å²) in [4.78, 5) is 4.26.